The van der Waals surface area contributed by atoms with Crippen LogP contribution in [-0.2, 0) is 17.8 Å². The number of thiophene rings is 1. The highest BCUT2D eigenvalue weighted by Crippen LogP contribution is 2.26. The van der Waals surface area contributed by atoms with Gasteiger partial charge in [0.15, 0.2) is 0 Å². The molecule has 2 heterocycles. The second-order valence-corrected chi connectivity index (χ2v) is 6.47. The number of rotatable bonds is 7. The molecule has 0 aliphatic carbocycles. The summed E-state index contributed by atoms with van der Waals surface area (Å²) in [6, 6.07) is 9.66. The third-order valence-electron chi connectivity index (χ3n) is 3.83. The Labute approximate surface area is 145 Å². The standard InChI is InChI=1S/C19H19NO3S/c1-3-8-20(12-16-5-4-9-24-16)19(21)10-14-13-23-18-11-15(22-2)6-7-17(14)18/h3-7,9,11,13H,1,8,10,12H2,2H3. The highest BCUT2D eigenvalue weighted by atomic mass is 32.1. The van der Waals surface area contributed by atoms with E-state index < -0.39 is 0 Å². The number of benzene rings is 1. The van der Waals surface area contributed by atoms with E-state index in [0.717, 1.165) is 27.2 Å². The first-order valence-corrected chi connectivity index (χ1v) is 8.54. The van der Waals surface area contributed by atoms with Gasteiger partial charge in [-0.1, -0.05) is 12.1 Å². The Morgan fingerprint density at radius 1 is 1.42 bits per heavy atom. The monoisotopic (exact) mass is 341 g/mol. The molecular weight excluding hydrogens is 322 g/mol. The fourth-order valence-corrected chi connectivity index (χ4v) is 3.32. The van der Waals surface area contributed by atoms with Gasteiger partial charge in [0.25, 0.3) is 0 Å². The minimum absolute atomic E-state index is 0.0572. The molecular formula is C19H19NO3S. The van der Waals surface area contributed by atoms with Gasteiger partial charge in [0, 0.05) is 28.4 Å². The van der Waals surface area contributed by atoms with Crippen LogP contribution >= 0.6 is 11.3 Å². The molecule has 0 bridgehead atoms. The van der Waals surface area contributed by atoms with Crippen LogP contribution in [0.3, 0.4) is 0 Å². The Balaban J connectivity index is 1.78. The highest BCUT2D eigenvalue weighted by molar-refractivity contribution is 7.09. The number of hydrogen-bond donors (Lipinski definition) is 0. The number of methoxy groups -OCH3 is 1. The molecule has 124 valence electrons. The van der Waals surface area contributed by atoms with Gasteiger partial charge in [-0.15, -0.1) is 17.9 Å². The second-order valence-electron chi connectivity index (χ2n) is 5.44. The summed E-state index contributed by atoms with van der Waals surface area (Å²) in [5.41, 5.74) is 1.61. The quantitative estimate of drug-likeness (QED) is 0.603. The first-order valence-electron chi connectivity index (χ1n) is 7.66. The molecule has 0 unspecified atom stereocenters. The lowest BCUT2D eigenvalue weighted by Gasteiger charge is -2.20. The average Bonchev–Trinajstić information content (AvgIpc) is 3.24. The van der Waals surface area contributed by atoms with Crippen LogP contribution < -0.4 is 4.74 Å². The van der Waals surface area contributed by atoms with E-state index in [1.165, 1.54) is 0 Å². The molecule has 0 aliphatic rings. The Bertz CT molecular complexity index is 836. The van der Waals surface area contributed by atoms with Crippen LogP contribution in [0.1, 0.15) is 10.4 Å². The zero-order chi connectivity index (χ0) is 16.9. The SMILES string of the molecule is C=CCN(Cc1cccs1)C(=O)Cc1coc2cc(OC)ccc12. The van der Waals surface area contributed by atoms with Crippen LogP contribution in [0, 0.1) is 0 Å². The molecule has 2 aromatic heterocycles. The van der Waals surface area contributed by atoms with Crippen LogP contribution in [0.15, 0.2) is 59.0 Å². The van der Waals surface area contributed by atoms with Crippen molar-refractivity contribution in [1.29, 1.82) is 0 Å². The summed E-state index contributed by atoms with van der Waals surface area (Å²) in [6.45, 7) is 4.89. The summed E-state index contributed by atoms with van der Waals surface area (Å²) >= 11 is 1.65. The van der Waals surface area contributed by atoms with Crippen LogP contribution in [0.5, 0.6) is 5.75 Å². The summed E-state index contributed by atoms with van der Waals surface area (Å²) in [5, 5.41) is 2.96. The van der Waals surface area contributed by atoms with Crippen LogP contribution in [0.2, 0.25) is 0 Å². The Morgan fingerprint density at radius 2 is 2.29 bits per heavy atom. The molecule has 0 spiro atoms. The number of fused-ring (bicyclic) bond motifs is 1. The number of nitrogens with zero attached hydrogens (tertiary/aromatic N) is 1. The average molecular weight is 341 g/mol. The zero-order valence-corrected chi connectivity index (χ0v) is 14.3. The normalized spacial score (nSPS) is 10.7. The van der Waals surface area contributed by atoms with E-state index in [2.05, 4.69) is 6.58 Å². The third kappa shape index (κ3) is 3.51. The van der Waals surface area contributed by atoms with Gasteiger partial charge in [-0.3, -0.25) is 4.79 Å². The molecule has 0 aliphatic heterocycles. The zero-order valence-electron chi connectivity index (χ0n) is 13.5. The van der Waals surface area contributed by atoms with Crippen LogP contribution in [0.4, 0.5) is 0 Å². The van der Waals surface area contributed by atoms with Crippen molar-refractivity contribution in [1.82, 2.24) is 4.90 Å². The van der Waals surface area contributed by atoms with Crippen molar-refractivity contribution in [3.63, 3.8) is 0 Å². The molecule has 4 nitrogen and oxygen atoms in total. The van der Waals surface area contributed by atoms with Crippen molar-refractivity contribution in [3.05, 3.63) is 65.1 Å². The van der Waals surface area contributed by atoms with Gasteiger partial charge in [-0.2, -0.15) is 0 Å². The molecule has 3 aromatic rings. The highest BCUT2D eigenvalue weighted by Gasteiger charge is 2.17. The van der Waals surface area contributed by atoms with Crippen molar-refractivity contribution < 1.29 is 13.9 Å². The predicted molar refractivity (Wildman–Crippen MR) is 96.4 cm³/mol. The van der Waals surface area contributed by atoms with E-state index in [4.69, 9.17) is 9.15 Å². The molecule has 5 heteroatoms. The second kappa shape index (κ2) is 7.36. The molecule has 0 fully saturated rings. The van der Waals surface area contributed by atoms with Crippen molar-refractivity contribution in [2.24, 2.45) is 0 Å². The molecule has 0 atom stereocenters. The summed E-state index contributed by atoms with van der Waals surface area (Å²) in [4.78, 5) is 15.7. The lowest BCUT2D eigenvalue weighted by atomic mass is 10.1. The van der Waals surface area contributed by atoms with Crippen LogP contribution in [-0.4, -0.2) is 24.5 Å². The molecule has 0 radical (unpaired) electrons. The number of hydrogen-bond acceptors (Lipinski definition) is 4. The van der Waals surface area contributed by atoms with Gasteiger partial charge in [-0.25, -0.2) is 0 Å². The Morgan fingerprint density at radius 3 is 3.00 bits per heavy atom. The molecule has 1 amide bonds. The predicted octanol–water partition coefficient (Wildman–Crippen LogP) is 4.26. The lowest BCUT2D eigenvalue weighted by molar-refractivity contribution is -0.130. The number of amides is 1. The van der Waals surface area contributed by atoms with E-state index in [-0.39, 0.29) is 5.91 Å². The molecule has 0 saturated heterocycles. The molecule has 3 rings (SSSR count). The van der Waals surface area contributed by atoms with E-state index in [1.54, 1.807) is 35.7 Å². The van der Waals surface area contributed by atoms with E-state index in [1.807, 2.05) is 35.7 Å². The summed E-state index contributed by atoms with van der Waals surface area (Å²) in [6.07, 6.45) is 3.71. The maximum Gasteiger partial charge on any atom is 0.227 e. The topological polar surface area (TPSA) is 42.7 Å². The number of carbonyl (C=O) groups excluding carboxylic acids is 1. The fourth-order valence-electron chi connectivity index (χ4n) is 2.60. The molecule has 1 aromatic carbocycles. The minimum Gasteiger partial charge on any atom is -0.497 e. The molecule has 0 N–H and O–H groups in total. The van der Waals surface area contributed by atoms with Gasteiger partial charge in [0.2, 0.25) is 5.91 Å². The summed E-state index contributed by atoms with van der Waals surface area (Å²) < 4.78 is 10.8. The van der Waals surface area contributed by atoms with Gasteiger partial charge in [-0.05, 0) is 23.6 Å². The van der Waals surface area contributed by atoms with Gasteiger partial charge in [0.1, 0.15) is 11.3 Å². The molecule has 24 heavy (non-hydrogen) atoms. The van der Waals surface area contributed by atoms with Crippen molar-refractivity contribution in [2.75, 3.05) is 13.7 Å². The maximum absolute atomic E-state index is 12.7. The van der Waals surface area contributed by atoms with Crippen molar-refractivity contribution >= 4 is 28.2 Å². The summed E-state index contributed by atoms with van der Waals surface area (Å²) in [5.74, 6) is 0.794. The fraction of sp³-hybridized carbons (Fsp3) is 0.211. The first-order chi connectivity index (χ1) is 11.7. The van der Waals surface area contributed by atoms with Crippen molar-refractivity contribution in [2.45, 2.75) is 13.0 Å². The van der Waals surface area contributed by atoms with E-state index in [0.29, 0.717) is 19.5 Å². The minimum atomic E-state index is 0.0572. The molecule has 0 saturated carbocycles. The van der Waals surface area contributed by atoms with E-state index >= 15 is 0 Å². The van der Waals surface area contributed by atoms with Crippen molar-refractivity contribution in [3.8, 4) is 5.75 Å². The van der Waals surface area contributed by atoms with Crippen LogP contribution in [0.25, 0.3) is 11.0 Å². The Kier molecular flexibility index (Phi) is 5.01. The first kappa shape index (κ1) is 16.3. The maximum atomic E-state index is 12.7. The number of furan rings is 1. The van der Waals surface area contributed by atoms with E-state index in [9.17, 15) is 4.79 Å². The number of carbonyl (C=O) groups is 1. The third-order valence-corrected chi connectivity index (χ3v) is 4.69. The van der Waals surface area contributed by atoms with Gasteiger partial charge < -0.3 is 14.1 Å². The Hall–Kier alpha value is -2.53. The van der Waals surface area contributed by atoms with Gasteiger partial charge >= 0.3 is 0 Å². The lowest BCUT2D eigenvalue weighted by Crippen LogP contribution is -2.31. The number of ether oxygens (including phenoxy) is 1. The smallest absolute Gasteiger partial charge is 0.227 e. The van der Waals surface area contributed by atoms with Gasteiger partial charge in [0.05, 0.1) is 26.3 Å². The summed E-state index contributed by atoms with van der Waals surface area (Å²) in [7, 11) is 1.62. The largest absolute Gasteiger partial charge is 0.497 e.